The molecule has 1 fully saturated rings. The Morgan fingerprint density at radius 3 is 2.94 bits per heavy atom. The normalized spacial score (nSPS) is 17.0. The van der Waals surface area contributed by atoms with Gasteiger partial charge in [-0.15, -0.1) is 0 Å². The van der Waals surface area contributed by atoms with Crippen molar-refractivity contribution in [3.8, 4) is 0 Å². The van der Waals surface area contributed by atoms with Crippen LogP contribution in [0.5, 0.6) is 0 Å². The number of nitrogens with two attached hydrogens (primary N) is 1. The third kappa shape index (κ3) is 2.20. The fraction of sp³-hybridized carbons (Fsp3) is 0.500. The molecule has 1 aromatic heterocycles. The Morgan fingerprint density at radius 1 is 1.39 bits per heavy atom. The van der Waals surface area contributed by atoms with Crippen molar-refractivity contribution >= 4 is 16.7 Å². The van der Waals surface area contributed by atoms with Crippen molar-refractivity contribution in [3.05, 3.63) is 24.0 Å². The Labute approximate surface area is 107 Å². The summed E-state index contributed by atoms with van der Waals surface area (Å²) in [5, 5.41) is 0. The minimum atomic E-state index is 0.725. The minimum absolute atomic E-state index is 0.725. The lowest BCUT2D eigenvalue weighted by molar-refractivity contribution is 0.232. The Morgan fingerprint density at radius 2 is 2.17 bits per heavy atom. The summed E-state index contributed by atoms with van der Waals surface area (Å²) in [4.78, 5) is 10.4. The van der Waals surface area contributed by atoms with Crippen LogP contribution in [0.4, 0.5) is 5.69 Å². The Balaban J connectivity index is 1.77. The molecule has 0 radical (unpaired) electrons. The standard InChI is InChI=1S/C14H20N4/c1-18(11-4-2-3-5-11)9-14-16-12-7-6-10(15)8-13(12)17-14/h6-8,11H,2-5,9,15H2,1H3,(H,16,17). The summed E-state index contributed by atoms with van der Waals surface area (Å²) >= 11 is 0. The molecule has 0 aliphatic heterocycles. The lowest BCUT2D eigenvalue weighted by Crippen LogP contribution is -2.28. The summed E-state index contributed by atoms with van der Waals surface area (Å²) in [6, 6.07) is 6.54. The first-order chi connectivity index (χ1) is 8.72. The van der Waals surface area contributed by atoms with Crippen molar-refractivity contribution in [2.24, 2.45) is 0 Å². The predicted molar refractivity (Wildman–Crippen MR) is 74.2 cm³/mol. The first-order valence-electron chi connectivity index (χ1n) is 6.67. The summed E-state index contributed by atoms with van der Waals surface area (Å²) in [5.74, 6) is 1.03. The van der Waals surface area contributed by atoms with Gasteiger partial charge >= 0.3 is 0 Å². The van der Waals surface area contributed by atoms with Crippen molar-refractivity contribution in [2.75, 3.05) is 12.8 Å². The average molecular weight is 244 g/mol. The summed E-state index contributed by atoms with van der Waals surface area (Å²) in [6.45, 7) is 0.888. The molecule has 0 bridgehead atoms. The number of imidazole rings is 1. The third-order valence-electron chi connectivity index (χ3n) is 3.90. The summed E-state index contributed by atoms with van der Waals surface area (Å²) < 4.78 is 0. The lowest BCUT2D eigenvalue weighted by atomic mass is 10.2. The molecule has 3 rings (SSSR count). The van der Waals surface area contributed by atoms with E-state index in [-0.39, 0.29) is 0 Å². The fourth-order valence-electron chi connectivity index (χ4n) is 2.87. The van der Waals surface area contributed by atoms with Gasteiger partial charge < -0.3 is 10.7 Å². The number of H-pyrrole nitrogens is 1. The molecular weight excluding hydrogens is 224 g/mol. The molecule has 96 valence electrons. The van der Waals surface area contributed by atoms with E-state index in [0.29, 0.717) is 0 Å². The number of hydrogen-bond donors (Lipinski definition) is 2. The van der Waals surface area contributed by atoms with Gasteiger partial charge in [-0.1, -0.05) is 12.8 Å². The smallest absolute Gasteiger partial charge is 0.121 e. The molecule has 3 N–H and O–H groups in total. The van der Waals surface area contributed by atoms with Crippen LogP contribution in [0.25, 0.3) is 11.0 Å². The number of anilines is 1. The van der Waals surface area contributed by atoms with Crippen molar-refractivity contribution in [3.63, 3.8) is 0 Å². The van der Waals surface area contributed by atoms with Gasteiger partial charge in [0.1, 0.15) is 5.82 Å². The molecule has 1 aromatic carbocycles. The SMILES string of the molecule is CN(Cc1nc2ccc(N)cc2[nH]1)C1CCCC1. The summed E-state index contributed by atoms with van der Waals surface area (Å²) in [7, 11) is 2.19. The number of nitrogens with one attached hydrogen (secondary N) is 1. The number of benzene rings is 1. The quantitative estimate of drug-likeness (QED) is 0.816. The van der Waals surface area contributed by atoms with Crippen molar-refractivity contribution in [1.29, 1.82) is 0 Å². The van der Waals surface area contributed by atoms with E-state index in [1.54, 1.807) is 0 Å². The summed E-state index contributed by atoms with van der Waals surface area (Å²) in [6.07, 6.45) is 5.38. The number of aromatic amines is 1. The lowest BCUT2D eigenvalue weighted by Gasteiger charge is -2.22. The van der Waals surface area contributed by atoms with Gasteiger partial charge in [0.15, 0.2) is 0 Å². The van der Waals surface area contributed by atoms with Gasteiger partial charge in [0, 0.05) is 11.7 Å². The van der Waals surface area contributed by atoms with Gasteiger partial charge in [0.2, 0.25) is 0 Å². The maximum Gasteiger partial charge on any atom is 0.121 e. The highest BCUT2D eigenvalue weighted by Gasteiger charge is 2.20. The molecule has 0 amide bonds. The molecule has 4 nitrogen and oxygen atoms in total. The van der Waals surface area contributed by atoms with Crippen LogP contribution in [-0.4, -0.2) is 28.0 Å². The van der Waals surface area contributed by atoms with Crippen LogP contribution in [0.1, 0.15) is 31.5 Å². The number of nitrogen functional groups attached to an aromatic ring is 1. The second kappa shape index (κ2) is 4.61. The van der Waals surface area contributed by atoms with Gasteiger partial charge in [-0.25, -0.2) is 4.98 Å². The van der Waals surface area contributed by atoms with E-state index in [2.05, 4.69) is 21.9 Å². The molecule has 0 unspecified atom stereocenters. The van der Waals surface area contributed by atoms with Crippen molar-refractivity contribution in [1.82, 2.24) is 14.9 Å². The molecule has 0 atom stereocenters. The molecule has 1 saturated carbocycles. The van der Waals surface area contributed by atoms with Gasteiger partial charge in [-0.3, -0.25) is 4.90 Å². The largest absolute Gasteiger partial charge is 0.399 e. The van der Waals surface area contributed by atoms with E-state index in [0.717, 1.165) is 35.1 Å². The molecule has 4 heteroatoms. The Kier molecular flexibility index (Phi) is 2.96. The highest BCUT2D eigenvalue weighted by atomic mass is 15.2. The van der Waals surface area contributed by atoms with Gasteiger partial charge in [0.25, 0.3) is 0 Å². The number of fused-ring (bicyclic) bond motifs is 1. The Bertz CT molecular complexity index is 540. The van der Waals surface area contributed by atoms with Crippen LogP contribution in [0.2, 0.25) is 0 Å². The van der Waals surface area contributed by atoms with E-state index >= 15 is 0 Å². The maximum atomic E-state index is 5.78. The molecule has 0 saturated heterocycles. The van der Waals surface area contributed by atoms with E-state index in [1.807, 2.05) is 18.2 Å². The monoisotopic (exact) mass is 244 g/mol. The fourth-order valence-corrected chi connectivity index (χ4v) is 2.87. The number of nitrogens with zero attached hydrogens (tertiary/aromatic N) is 2. The van der Waals surface area contributed by atoms with Crippen LogP contribution in [0.15, 0.2) is 18.2 Å². The number of hydrogen-bond acceptors (Lipinski definition) is 3. The van der Waals surface area contributed by atoms with Crippen LogP contribution >= 0.6 is 0 Å². The third-order valence-corrected chi connectivity index (χ3v) is 3.90. The first-order valence-corrected chi connectivity index (χ1v) is 6.67. The molecule has 18 heavy (non-hydrogen) atoms. The van der Waals surface area contributed by atoms with Crippen LogP contribution < -0.4 is 5.73 Å². The predicted octanol–water partition coefficient (Wildman–Crippen LogP) is 2.52. The zero-order valence-corrected chi connectivity index (χ0v) is 10.8. The highest BCUT2D eigenvalue weighted by molar-refractivity contribution is 5.78. The van der Waals surface area contributed by atoms with Crippen LogP contribution in [0.3, 0.4) is 0 Å². The molecule has 2 aromatic rings. The Hall–Kier alpha value is -1.55. The summed E-state index contributed by atoms with van der Waals surface area (Å²) in [5.41, 5.74) is 8.59. The van der Waals surface area contributed by atoms with Gasteiger partial charge in [0.05, 0.1) is 17.6 Å². The van der Waals surface area contributed by atoms with E-state index in [1.165, 1.54) is 25.7 Å². The second-order valence-electron chi connectivity index (χ2n) is 5.31. The first kappa shape index (κ1) is 11.5. The van der Waals surface area contributed by atoms with E-state index in [4.69, 9.17) is 5.73 Å². The van der Waals surface area contributed by atoms with Crippen LogP contribution in [-0.2, 0) is 6.54 Å². The molecule has 0 spiro atoms. The molecule has 1 aliphatic rings. The molecule has 1 aliphatic carbocycles. The zero-order valence-electron chi connectivity index (χ0n) is 10.8. The maximum absolute atomic E-state index is 5.78. The van der Waals surface area contributed by atoms with E-state index < -0.39 is 0 Å². The van der Waals surface area contributed by atoms with Crippen molar-refractivity contribution in [2.45, 2.75) is 38.3 Å². The van der Waals surface area contributed by atoms with E-state index in [9.17, 15) is 0 Å². The number of rotatable bonds is 3. The van der Waals surface area contributed by atoms with Crippen LogP contribution in [0, 0.1) is 0 Å². The van der Waals surface area contributed by atoms with Gasteiger partial charge in [-0.05, 0) is 38.1 Å². The zero-order chi connectivity index (χ0) is 12.5. The van der Waals surface area contributed by atoms with Crippen molar-refractivity contribution < 1.29 is 0 Å². The average Bonchev–Trinajstić information content (AvgIpc) is 2.95. The highest BCUT2D eigenvalue weighted by Crippen LogP contribution is 2.23. The molecular formula is C14H20N4. The minimum Gasteiger partial charge on any atom is -0.399 e. The molecule has 1 heterocycles. The topological polar surface area (TPSA) is 57.9 Å². The van der Waals surface area contributed by atoms with Gasteiger partial charge in [-0.2, -0.15) is 0 Å². The number of aromatic nitrogens is 2. The second-order valence-corrected chi connectivity index (χ2v) is 5.31.